The largest absolute Gasteiger partial charge is 0.385 e. The van der Waals surface area contributed by atoms with Crippen molar-refractivity contribution in [1.29, 1.82) is 0 Å². The summed E-state index contributed by atoms with van der Waals surface area (Å²) >= 11 is 0. The first-order valence-corrected chi connectivity index (χ1v) is 5.35. The topological polar surface area (TPSA) is 68.4 Å². The molecule has 5 nitrogen and oxygen atoms in total. The van der Waals surface area contributed by atoms with E-state index in [-0.39, 0.29) is 6.10 Å². The van der Waals surface area contributed by atoms with Crippen LogP contribution in [0, 0.1) is 5.92 Å². The molecule has 0 amide bonds. The Balaban J connectivity index is 2.12. The number of rotatable bonds is 3. The van der Waals surface area contributed by atoms with E-state index in [9.17, 15) is 5.11 Å². The fraction of sp³-hybridized carbons (Fsp3) is 0.800. The van der Waals surface area contributed by atoms with Gasteiger partial charge in [0, 0.05) is 6.61 Å². The lowest BCUT2D eigenvalue weighted by Crippen LogP contribution is -2.05. The van der Waals surface area contributed by atoms with Gasteiger partial charge in [0.1, 0.15) is 12.2 Å². The molecule has 84 valence electrons. The fourth-order valence-corrected chi connectivity index (χ4v) is 1.69. The highest BCUT2D eigenvalue weighted by Crippen LogP contribution is 2.33. The summed E-state index contributed by atoms with van der Waals surface area (Å²) in [6.07, 6.45) is 0.855. The second-order valence-electron chi connectivity index (χ2n) is 3.97. The number of aliphatic hydroxyl groups excluding tert-OH is 1. The quantitative estimate of drug-likeness (QED) is 0.824. The first-order chi connectivity index (χ1) is 7.22. The maximum atomic E-state index is 9.53. The van der Waals surface area contributed by atoms with Crippen molar-refractivity contribution in [1.82, 2.24) is 10.1 Å². The molecule has 0 aliphatic carbocycles. The molecule has 1 aromatic rings. The molecule has 1 aliphatic rings. The van der Waals surface area contributed by atoms with Gasteiger partial charge in [-0.1, -0.05) is 19.0 Å². The first-order valence-electron chi connectivity index (χ1n) is 5.35. The highest BCUT2D eigenvalue weighted by atomic mass is 16.5. The molecule has 1 saturated heterocycles. The van der Waals surface area contributed by atoms with Crippen LogP contribution in [0.2, 0.25) is 0 Å². The van der Waals surface area contributed by atoms with Crippen LogP contribution in [0.15, 0.2) is 4.52 Å². The van der Waals surface area contributed by atoms with E-state index >= 15 is 0 Å². The Morgan fingerprint density at radius 2 is 2.40 bits per heavy atom. The summed E-state index contributed by atoms with van der Waals surface area (Å²) in [6, 6.07) is 0. The summed E-state index contributed by atoms with van der Waals surface area (Å²) in [5, 5.41) is 13.3. The van der Waals surface area contributed by atoms with Crippen LogP contribution in [0.5, 0.6) is 0 Å². The van der Waals surface area contributed by atoms with Gasteiger partial charge >= 0.3 is 0 Å². The Labute approximate surface area is 88.4 Å². The zero-order valence-corrected chi connectivity index (χ0v) is 9.01. The Hall–Kier alpha value is -0.940. The van der Waals surface area contributed by atoms with Gasteiger partial charge in [-0.3, -0.25) is 0 Å². The van der Waals surface area contributed by atoms with Crippen molar-refractivity contribution in [2.75, 3.05) is 6.61 Å². The molecule has 1 fully saturated rings. The summed E-state index contributed by atoms with van der Waals surface area (Å²) in [7, 11) is 0. The van der Waals surface area contributed by atoms with E-state index in [2.05, 4.69) is 17.1 Å². The molecule has 5 heteroatoms. The van der Waals surface area contributed by atoms with E-state index in [1.54, 1.807) is 0 Å². The van der Waals surface area contributed by atoms with Gasteiger partial charge in [-0.05, 0) is 18.8 Å². The predicted octanol–water partition coefficient (Wildman–Crippen LogP) is 1.61. The van der Waals surface area contributed by atoms with Crippen LogP contribution in [0.4, 0.5) is 0 Å². The van der Waals surface area contributed by atoms with E-state index in [1.807, 2.05) is 6.92 Å². The van der Waals surface area contributed by atoms with E-state index in [1.165, 1.54) is 0 Å². The molecule has 15 heavy (non-hydrogen) atoms. The van der Waals surface area contributed by atoms with E-state index in [0.29, 0.717) is 24.1 Å². The van der Waals surface area contributed by atoms with Crippen molar-refractivity contribution in [2.24, 2.45) is 5.92 Å². The zero-order valence-electron chi connectivity index (χ0n) is 9.01. The molecular formula is C10H16N2O3. The lowest BCUT2D eigenvalue weighted by atomic mass is 10.0. The van der Waals surface area contributed by atoms with E-state index in [4.69, 9.17) is 9.26 Å². The third kappa shape index (κ3) is 2.03. The van der Waals surface area contributed by atoms with Gasteiger partial charge < -0.3 is 14.4 Å². The summed E-state index contributed by atoms with van der Waals surface area (Å²) in [5.41, 5.74) is 0. The highest BCUT2D eigenvalue weighted by Gasteiger charge is 2.31. The number of hydrogen-bond donors (Lipinski definition) is 1. The Morgan fingerprint density at radius 1 is 1.60 bits per heavy atom. The van der Waals surface area contributed by atoms with Crippen molar-refractivity contribution in [3.8, 4) is 0 Å². The average Bonchev–Trinajstić information content (AvgIpc) is 2.84. The average molecular weight is 212 g/mol. The predicted molar refractivity (Wildman–Crippen MR) is 52.0 cm³/mol. The van der Waals surface area contributed by atoms with Gasteiger partial charge in [-0.15, -0.1) is 0 Å². The number of ether oxygens (including phenoxy) is 1. The second-order valence-corrected chi connectivity index (χ2v) is 3.97. The van der Waals surface area contributed by atoms with Crippen LogP contribution in [0.1, 0.15) is 50.6 Å². The van der Waals surface area contributed by atoms with Crippen molar-refractivity contribution >= 4 is 0 Å². The molecule has 0 spiro atoms. The molecule has 0 saturated carbocycles. The number of aromatic nitrogens is 2. The first kappa shape index (κ1) is 10.6. The van der Waals surface area contributed by atoms with Crippen LogP contribution in [-0.4, -0.2) is 21.9 Å². The number of hydrogen-bond acceptors (Lipinski definition) is 5. The normalized spacial score (nSPS) is 28.2. The van der Waals surface area contributed by atoms with Crippen LogP contribution in [0.25, 0.3) is 0 Å². The SMILES string of the molecule is CCC(O)c1noc(C2OCCC2C)n1. The summed E-state index contributed by atoms with van der Waals surface area (Å²) < 4.78 is 10.6. The Kier molecular flexibility index (Phi) is 3.02. The van der Waals surface area contributed by atoms with Gasteiger partial charge in [0.05, 0.1) is 0 Å². The fourth-order valence-electron chi connectivity index (χ4n) is 1.69. The minimum atomic E-state index is -0.640. The maximum Gasteiger partial charge on any atom is 0.256 e. The maximum absolute atomic E-state index is 9.53. The monoisotopic (exact) mass is 212 g/mol. The minimum Gasteiger partial charge on any atom is -0.385 e. The molecule has 1 N–H and O–H groups in total. The molecule has 1 aromatic heterocycles. The molecule has 1 aliphatic heterocycles. The molecule has 3 unspecified atom stereocenters. The van der Waals surface area contributed by atoms with Gasteiger partial charge in [-0.25, -0.2) is 0 Å². The standard InChI is InChI=1S/C10H16N2O3/c1-3-7(13)9-11-10(15-12-9)8-6(2)4-5-14-8/h6-8,13H,3-5H2,1-2H3. The summed E-state index contributed by atoms with van der Waals surface area (Å²) in [4.78, 5) is 4.16. The molecule has 3 atom stereocenters. The molecular weight excluding hydrogens is 196 g/mol. The lowest BCUT2D eigenvalue weighted by Gasteiger charge is -2.08. The van der Waals surface area contributed by atoms with Crippen LogP contribution in [0.3, 0.4) is 0 Å². The molecule has 0 bridgehead atoms. The molecule has 2 rings (SSSR count). The summed E-state index contributed by atoms with van der Waals surface area (Å²) in [5.74, 6) is 1.25. The zero-order chi connectivity index (χ0) is 10.8. The van der Waals surface area contributed by atoms with Gasteiger partial charge in [0.15, 0.2) is 5.82 Å². The molecule has 2 heterocycles. The number of nitrogens with zero attached hydrogens (tertiary/aromatic N) is 2. The number of aliphatic hydroxyl groups is 1. The van der Waals surface area contributed by atoms with Crippen molar-refractivity contribution in [3.05, 3.63) is 11.7 Å². The Morgan fingerprint density at radius 3 is 3.00 bits per heavy atom. The minimum absolute atomic E-state index is 0.102. The molecule has 0 radical (unpaired) electrons. The molecule has 0 aromatic carbocycles. The van der Waals surface area contributed by atoms with Gasteiger partial charge in [-0.2, -0.15) is 4.98 Å². The van der Waals surface area contributed by atoms with E-state index < -0.39 is 6.10 Å². The lowest BCUT2D eigenvalue weighted by molar-refractivity contribution is 0.0661. The van der Waals surface area contributed by atoms with Crippen molar-refractivity contribution < 1.29 is 14.4 Å². The van der Waals surface area contributed by atoms with Gasteiger partial charge in [0.2, 0.25) is 0 Å². The highest BCUT2D eigenvalue weighted by molar-refractivity contribution is 4.96. The van der Waals surface area contributed by atoms with Crippen LogP contribution < -0.4 is 0 Å². The second kappa shape index (κ2) is 4.28. The van der Waals surface area contributed by atoms with Crippen LogP contribution >= 0.6 is 0 Å². The third-order valence-electron chi connectivity index (χ3n) is 2.77. The van der Waals surface area contributed by atoms with Crippen LogP contribution in [-0.2, 0) is 4.74 Å². The smallest absolute Gasteiger partial charge is 0.256 e. The van der Waals surface area contributed by atoms with Gasteiger partial charge in [0.25, 0.3) is 5.89 Å². The third-order valence-corrected chi connectivity index (χ3v) is 2.77. The van der Waals surface area contributed by atoms with Crippen molar-refractivity contribution in [2.45, 2.75) is 38.9 Å². The van der Waals surface area contributed by atoms with E-state index in [0.717, 1.165) is 13.0 Å². The van der Waals surface area contributed by atoms with Crippen molar-refractivity contribution in [3.63, 3.8) is 0 Å². The Bertz CT molecular complexity index is 326. The summed E-state index contributed by atoms with van der Waals surface area (Å²) in [6.45, 7) is 4.70.